The van der Waals surface area contributed by atoms with Gasteiger partial charge in [-0.3, -0.25) is 0 Å². The van der Waals surface area contributed by atoms with Gasteiger partial charge < -0.3 is 24.0 Å². The van der Waals surface area contributed by atoms with Gasteiger partial charge >= 0.3 is 0 Å². The van der Waals surface area contributed by atoms with Crippen LogP contribution in [0.1, 0.15) is 12.8 Å². The number of thiazole rings is 1. The van der Waals surface area contributed by atoms with E-state index in [1.165, 1.54) is 25.4 Å². The first-order valence-electron chi connectivity index (χ1n) is 4.99. The quantitative estimate of drug-likeness (QED) is 0.311. The van der Waals surface area contributed by atoms with Crippen molar-refractivity contribution >= 4 is 19.4 Å². The van der Waals surface area contributed by atoms with Gasteiger partial charge in [-0.1, -0.05) is 37.0 Å². The van der Waals surface area contributed by atoms with E-state index in [1.807, 2.05) is 0 Å². The van der Waals surface area contributed by atoms with Gasteiger partial charge in [0.1, 0.15) is 6.54 Å². The summed E-state index contributed by atoms with van der Waals surface area (Å²) >= 11 is 1.77. The zero-order valence-corrected chi connectivity index (χ0v) is 13.3. The molecule has 1 rings (SSSR count). The maximum absolute atomic E-state index is 2.45. The predicted octanol–water partition coefficient (Wildman–Crippen LogP) is 0.158. The van der Waals surface area contributed by atoms with Gasteiger partial charge in [0, 0.05) is 14.5 Å². The fourth-order valence-electron chi connectivity index (χ4n) is 1.34. The molecule has 1 heterocycles. The van der Waals surface area contributed by atoms with Gasteiger partial charge in [-0.25, -0.2) is 0 Å². The van der Waals surface area contributed by atoms with Crippen molar-refractivity contribution in [2.45, 2.75) is 45.1 Å². The van der Waals surface area contributed by atoms with Crippen molar-refractivity contribution in [2.24, 2.45) is 0 Å². The van der Waals surface area contributed by atoms with Crippen molar-refractivity contribution in [1.29, 1.82) is 0 Å². The molecule has 0 atom stereocenters. The largest absolute Gasteiger partial charge is 1.00 e. The molecule has 1 aromatic rings. The van der Waals surface area contributed by atoms with Crippen molar-refractivity contribution in [1.82, 2.24) is 0 Å². The Kier molecular flexibility index (Phi) is 7.24. The average Bonchev–Trinajstić information content (AvgIpc) is 2.48. The topological polar surface area (TPSA) is 3.88 Å². The maximum Gasteiger partial charge on any atom is 0.224 e. The maximum atomic E-state index is 2.45. The zero-order valence-electron chi connectivity index (χ0n) is 9.29. The Labute approximate surface area is 110 Å². The van der Waals surface area contributed by atoms with Crippen LogP contribution in [0.25, 0.3) is 0 Å². The molecule has 14 heavy (non-hydrogen) atoms. The minimum atomic E-state index is -0.786. The average molecular weight is 341 g/mol. The van der Waals surface area contributed by atoms with Gasteiger partial charge in [-0.05, 0) is 6.42 Å². The molecule has 82 valence electrons. The molecule has 0 unspecified atom stereocenters. The highest BCUT2D eigenvalue weighted by Gasteiger charge is 2.12. The molecule has 4 heteroatoms. The van der Waals surface area contributed by atoms with Gasteiger partial charge in [0.15, 0.2) is 6.20 Å². The number of aromatic nitrogens is 1. The molecular formula is C10H20INSSi. The minimum Gasteiger partial charge on any atom is -1.00 e. The van der Waals surface area contributed by atoms with Crippen molar-refractivity contribution in [3.63, 3.8) is 0 Å². The molecule has 0 aliphatic heterocycles. The third kappa shape index (κ3) is 6.95. The Morgan fingerprint density at radius 3 is 2.43 bits per heavy atom. The molecule has 0 N–H and O–H groups in total. The highest BCUT2D eigenvalue weighted by molar-refractivity contribution is 7.07. The van der Waals surface area contributed by atoms with E-state index < -0.39 is 8.07 Å². The lowest BCUT2D eigenvalue weighted by atomic mass is 10.3. The summed E-state index contributed by atoms with van der Waals surface area (Å²) in [6.45, 7) is 8.55. The number of hydrogen-bond donors (Lipinski definition) is 0. The lowest BCUT2D eigenvalue weighted by molar-refractivity contribution is -0.692. The normalized spacial score (nSPS) is 11.1. The van der Waals surface area contributed by atoms with E-state index in [1.54, 1.807) is 11.3 Å². The Hall–Kier alpha value is 0.577. The van der Waals surface area contributed by atoms with Crippen LogP contribution in [0, 0.1) is 0 Å². The summed E-state index contributed by atoms with van der Waals surface area (Å²) in [5.41, 5.74) is 2.19. The molecule has 1 aromatic heterocycles. The van der Waals surface area contributed by atoms with E-state index in [0.717, 1.165) is 0 Å². The van der Waals surface area contributed by atoms with Gasteiger partial charge in [-0.2, -0.15) is 4.57 Å². The lowest BCUT2D eigenvalue weighted by Gasteiger charge is -2.13. The van der Waals surface area contributed by atoms with E-state index in [2.05, 4.69) is 41.3 Å². The monoisotopic (exact) mass is 341 g/mol. The van der Waals surface area contributed by atoms with E-state index in [9.17, 15) is 0 Å². The standard InChI is InChI=1S/C10H20NSSi.HI/c1-13(2,3)9-5-4-6-11-7-8-12-10-11;/h7-8,10H,4-6,9H2,1-3H3;1H/q+1;/p-1. The summed E-state index contributed by atoms with van der Waals surface area (Å²) in [6.07, 6.45) is 4.91. The summed E-state index contributed by atoms with van der Waals surface area (Å²) in [5.74, 6) is 0. The highest BCUT2D eigenvalue weighted by atomic mass is 127. The Balaban J connectivity index is 0.00000169. The van der Waals surface area contributed by atoms with Crippen LogP contribution in [0.5, 0.6) is 0 Å². The zero-order chi connectivity index (χ0) is 9.73. The second-order valence-electron chi connectivity index (χ2n) is 4.78. The van der Waals surface area contributed by atoms with Gasteiger partial charge in [0.25, 0.3) is 0 Å². The predicted molar refractivity (Wildman–Crippen MR) is 61.9 cm³/mol. The van der Waals surface area contributed by atoms with Crippen LogP contribution in [0.4, 0.5) is 0 Å². The molecule has 0 aliphatic carbocycles. The van der Waals surface area contributed by atoms with Crippen molar-refractivity contribution < 1.29 is 28.5 Å². The van der Waals surface area contributed by atoms with Crippen LogP contribution in [0.3, 0.4) is 0 Å². The lowest BCUT2D eigenvalue weighted by Crippen LogP contribution is -3.00. The molecule has 0 fully saturated rings. The van der Waals surface area contributed by atoms with Gasteiger partial charge in [0.2, 0.25) is 5.51 Å². The molecule has 0 aliphatic rings. The summed E-state index contributed by atoms with van der Waals surface area (Å²) in [6, 6.07) is 1.47. The first-order valence-corrected chi connectivity index (χ1v) is 9.64. The first-order chi connectivity index (χ1) is 6.08. The summed E-state index contributed by atoms with van der Waals surface area (Å²) in [4.78, 5) is 0. The molecule has 0 bridgehead atoms. The second kappa shape index (κ2) is 6.95. The van der Waals surface area contributed by atoms with Crippen molar-refractivity contribution in [3.05, 3.63) is 17.1 Å². The van der Waals surface area contributed by atoms with Gasteiger partial charge in [-0.15, -0.1) is 0 Å². The van der Waals surface area contributed by atoms with E-state index in [0.29, 0.717) is 0 Å². The Bertz CT molecular complexity index is 231. The Morgan fingerprint density at radius 1 is 1.21 bits per heavy atom. The molecule has 0 radical (unpaired) electrons. The third-order valence-electron chi connectivity index (χ3n) is 2.12. The van der Waals surface area contributed by atoms with Gasteiger partial charge in [0.05, 0.1) is 5.38 Å². The highest BCUT2D eigenvalue weighted by Crippen LogP contribution is 2.12. The van der Waals surface area contributed by atoms with E-state index in [-0.39, 0.29) is 24.0 Å². The smallest absolute Gasteiger partial charge is 0.224 e. The number of unbranched alkanes of at least 4 members (excludes halogenated alkanes) is 1. The molecule has 0 spiro atoms. The third-order valence-corrected chi connectivity index (χ3v) is 4.65. The number of halogens is 1. The summed E-state index contributed by atoms with van der Waals surface area (Å²) in [5, 5.41) is 2.14. The van der Waals surface area contributed by atoms with Crippen molar-refractivity contribution in [3.8, 4) is 0 Å². The number of nitrogens with zero attached hydrogens (tertiary/aromatic N) is 1. The van der Waals surface area contributed by atoms with Crippen LogP contribution >= 0.6 is 11.3 Å². The summed E-state index contributed by atoms with van der Waals surface area (Å²) in [7, 11) is -0.786. The molecule has 0 amide bonds. The van der Waals surface area contributed by atoms with Crippen LogP contribution in [0.15, 0.2) is 17.1 Å². The molecular weight excluding hydrogens is 321 g/mol. The molecule has 0 aromatic carbocycles. The van der Waals surface area contributed by atoms with E-state index >= 15 is 0 Å². The number of hydrogen-bond acceptors (Lipinski definition) is 1. The number of aryl methyl sites for hydroxylation is 1. The minimum absolute atomic E-state index is 0. The SMILES string of the molecule is C[Si](C)(C)CCCC[n+]1ccsc1.[I-]. The molecule has 1 nitrogen and oxygen atoms in total. The van der Waals surface area contributed by atoms with Crippen LogP contribution in [-0.2, 0) is 6.54 Å². The molecule has 0 saturated heterocycles. The fraction of sp³-hybridized carbons (Fsp3) is 0.700. The van der Waals surface area contributed by atoms with E-state index in [4.69, 9.17) is 0 Å². The summed E-state index contributed by atoms with van der Waals surface area (Å²) < 4.78 is 2.29. The van der Waals surface area contributed by atoms with Crippen molar-refractivity contribution in [2.75, 3.05) is 0 Å². The van der Waals surface area contributed by atoms with Crippen LogP contribution < -0.4 is 28.5 Å². The second-order valence-corrected chi connectivity index (χ2v) is 11.2. The number of rotatable bonds is 5. The first kappa shape index (κ1) is 14.6. The fourth-order valence-corrected chi connectivity index (χ4v) is 3.28. The Morgan fingerprint density at radius 2 is 1.93 bits per heavy atom. The van der Waals surface area contributed by atoms with Crippen LogP contribution in [-0.4, -0.2) is 8.07 Å². The molecule has 0 saturated carbocycles. The van der Waals surface area contributed by atoms with Crippen LogP contribution in [0.2, 0.25) is 25.7 Å².